The van der Waals surface area contributed by atoms with Crippen LogP contribution in [0.25, 0.3) is 19.8 Å². The van der Waals surface area contributed by atoms with Crippen LogP contribution in [0.5, 0.6) is 0 Å². The second-order valence-corrected chi connectivity index (χ2v) is 7.23. The highest BCUT2D eigenvalue weighted by Crippen LogP contribution is 2.43. The topological polar surface area (TPSA) is 0 Å². The molecule has 3 aromatic rings. The maximum absolute atomic E-state index is 2.31. The quantitative estimate of drug-likeness (QED) is 0.520. The standard InChI is InChI=1S/C16H16S2/c1-9-5-6-13(10(2)7-9)15-12(4)16-14(18-15)8-11(3)17-16/h5-8H,1-4H3. The van der Waals surface area contributed by atoms with Crippen molar-refractivity contribution in [2.75, 3.05) is 0 Å². The van der Waals surface area contributed by atoms with Gasteiger partial charge in [0.15, 0.2) is 0 Å². The zero-order valence-corrected chi connectivity index (χ0v) is 12.8. The second kappa shape index (κ2) is 4.22. The van der Waals surface area contributed by atoms with Crippen molar-refractivity contribution in [1.82, 2.24) is 0 Å². The van der Waals surface area contributed by atoms with E-state index in [1.165, 1.54) is 41.4 Å². The summed E-state index contributed by atoms with van der Waals surface area (Å²) in [7, 11) is 0. The average molecular weight is 272 g/mol. The third kappa shape index (κ3) is 1.80. The normalized spacial score (nSPS) is 11.3. The maximum Gasteiger partial charge on any atom is 0.0489 e. The summed E-state index contributed by atoms with van der Waals surface area (Å²) in [5.41, 5.74) is 5.55. The molecule has 0 bridgehead atoms. The van der Waals surface area contributed by atoms with Crippen molar-refractivity contribution in [3.8, 4) is 10.4 Å². The van der Waals surface area contributed by atoms with E-state index in [2.05, 4.69) is 52.0 Å². The summed E-state index contributed by atoms with van der Waals surface area (Å²) in [6, 6.07) is 9.05. The predicted octanol–water partition coefficient (Wildman–Crippen LogP) is 5.86. The van der Waals surface area contributed by atoms with Crippen molar-refractivity contribution in [3.63, 3.8) is 0 Å². The van der Waals surface area contributed by atoms with E-state index in [0.29, 0.717) is 0 Å². The van der Waals surface area contributed by atoms with Gasteiger partial charge in [-0.2, -0.15) is 0 Å². The van der Waals surface area contributed by atoms with Crippen molar-refractivity contribution in [3.05, 3.63) is 45.8 Å². The fourth-order valence-corrected chi connectivity index (χ4v) is 5.04. The number of benzene rings is 1. The molecule has 3 rings (SSSR count). The molecule has 0 spiro atoms. The summed E-state index contributed by atoms with van der Waals surface area (Å²) in [6.07, 6.45) is 0. The molecule has 0 atom stereocenters. The number of hydrogen-bond acceptors (Lipinski definition) is 2. The first-order chi connectivity index (χ1) is 8.56. The number of rotatable bonds is 1. The lowest BCUT2D eigenvalue weighted by molar-refractivity contribution is 1.38. The molecular formula is C16H16S2. The molecule has 2 heterocycles. The molecule has 0 amide bonds. The first-order valence-corrected chi connectivity index (χ1v) is 7.76. The van der Waals surface area contributed by atoms with Crippen LogP contribution in [0, 0.1) is 27.7 Å². The van der Waals surface area contributed by atoms with Crippen LogP contribution in [0.1, 0.15) is 21.6 Å². The summed E-state index contributed by atoms with van der Waals surface area (Å²) in [6.45, 7) is 8.80. The minimum absolute atomic E-state index is 1.34. The van der Waals surface area contributed by atoms with Crippen LogP contribution in [-0.2, 0) is 0 Å². The number of hydrogen-bond donors (Lipinski definition) is 0. The van der Waals surface area contributed by atoms with E-state index in [1.54, 1.807) is 0 Å². The lowest BCUT2D eigenvalue weighted by Gasteiger charge is -2.06. The molecule has 0 N–H and O–H groups in total. The molecule has 2 heteroatoms. The van der Waals surface area contributed by atoms with E-state index in [4.69, 9.17) is 0 Å². The predicted molar refractivity (Wildman–Crippen MR) is 84.1 cm³/mol. The minimum Gasteiger partial charge on any atom is -0.139 e. The fraction of sp³-hybridized carbons (Fsp3) is 0.250. The van der Waals surface area contributed by atoms with Gasteiger partial charge in [0.1, 0.15) is 0 Å². The van der Waals surface area contributed by atoms with Crippen molar-refractivity contribution < 1.29 is 0 Å². The molecular weight excluding hydrogens is 256 g/mol. The fourth-order valence-electron chi connectivity index (χ4n) is 2.44. The van der Waals surface area contributed by atoms with Crippen LogP contribution in [-0.4, -0.2) is 0 Å². The lowest BCUT2D eigenvalue weighted by Crippen LogP contribution is -1.83. The molecule has 1 aromatic carbocycles. The highest BCUT2D eigenvalue weighted by atomic mass is 32.1. The van der Waals surface area contributed by atoms with Crippen molar-refractivity contribution >= 4 is 32.1 Å². The van der Waals surface area contributed by atoms with Gasteiger partial charge in [0.25, 0.3) is 0 Å². The smallest absolute Gasteiger partial charge is 0.0489 e. The summed E-state index contributed by atoms with van der Waals surface area (Å²) in [4.78, 5) is 2.85. The largest absolute Gasteiger partial charge is 0.139 e. The average Bonchev–Trinajstić information content (AvgIpc) is 2.78. The molecule has 0 fully saturated rings. The Kier molecular flexibility index (Phi) is 2.80. The molecule has 0 saturated carbocycles. The molecule has 0 aliphatic carbocycles. The second-order valence-electron chi connectivity index (χ2n) is 4.92. The van der Waals surface area contributed by atoms with E-state index < -0.39 is 0 Å². The van der Waals surface area contributed by atoms with Gasteiger partial charge in [0.2, 0.25) is 0 Å². The summed E-state index contributed by atoms with van der Waals surface area (Å²) < 4.78 is 2.90. The van der Waals surface area contributed by atoms with Crippen molar-refractivity contribution in [1.29, 1.82) is 0 Å². The summed E-state index contributed by atoms with van der Waals surface area (Å²) in [5, 5.41) is 0. The molecule has 0 radical (unpaired) electrons. The van der Waals surface area contributed by atoms with Crippen molar-refractivity contribution in [2.45, 2.75) is 27.7 Å². The van der Waals surface area contributed by atoms with Gasteiger partial charge in [-0.3, -0.25) is 0 Å². The van der Waals surface area contributed by atoms with Gasteiger partial charge in [0, 0.05) is 19.2 Å². The van der Waals surface area contributed by atoms with Gasteiger partial charge in [0.05, 0.1) is 0 Å². The van der Waals surface area contributed by atoms with Crippen LogP contribution < -0.4 is 0 Å². The number of aryl methyl sites for hydroxylation is 4. The molecule has 0 aliphatic heterocycles. The minimum atomic E-state index is 1.34. The van der Waals surface area contributed by atoms with Crippen LogP contribution in [0.15, 0.2) is 24.3 Å². The molecule has 92 valence electrons. The number of thiophene rings is 2. The van der Waals surface area contributed by atoms with Gasteiger partial charge in [-0.15, -0.1) is 22.7 Å². The lowest BCUT2D eigenvalue weighted by atomic mass is 10.0. The van der Waals surface area contributed by atoms with E-state index in [0.717, 1.165) is 0 Å². The maximum atomic E-state index is 2.31. The Labute approximate surface area is 116 Å². The Balaban J connectivity index is 2.25. The SMILES string of the molecule is Cc1ccc(-c2sc3cc(C)sc3c2C)c(C)c1. The van der Waals surface area contributed by atoms with Crippen LogP contribution in [0.3, 0.4) is 0 Å². The first-order valence-electron chi connectivity index (χ1n) is 6.13. The van der Waals surface area contributed by atoms with Crippen LogP contribution in [0.4, 0.5) is 0 Å². The molecule has 0 saturated heterocycles. The zero-order chi connectivity index (χ0) is 12.9. The Bertz CT molecular complexity index is 729. The summed E-state index contributed by atoms with van der Waals surface area (Å²) in [5.74, 6) is 0. The van der Waals surface area contributed by atoms with Gasteiger partial charge >= 0.3 is 0 Å². The Morgan fingerprint density at radius 1 is 0.889 bits per heavy atom. The van der Waals surface area contributed by atoms with Gasteiger partial charge < -0.3 is 0 Å². The van der Waals surface area contributed by atoms with Crippen LogP contribution in [0.2, 0.25) is 0 Å². The van der Waals surface area contributed by atoms with Crippen molar-refractivity contribution in [2.24, 2.45) is 0 Å². The number of fused-ring (bicyclic) bond motifs is 1. The molecule has 2 aromatic heterocycles. The Morgan fingerprint density at radius 3 is 2.33 bits per heavy atom. The summed E-state index contributed by atoms with van der Waals surface area (Å²) >= 11 is 3.84. The third-order valence-electron chi connectivity index (χ3n) is 3.34. The molecule has 0 unspecified atom stereocenters. The van der Waals surface area contributed by atoms with Crippen LogP contribution >= 0.6 is 22.7 Å². The Morgan fingerprint density at radius 2 is 1.67 bits per heavy atom. The van der Waals surface area contributed by atoms with Gasteiger partial charge in [-0.25, -0.2) is 0 Å². The van der Waals surface area contributed by atoms with E-state index in [-0.39, 0.29) is 0 Å². The molecule has 0 aliphatic rings. The highest BCUT2D eigenvalue weighted by molar-refractivity contribution is 7.29. The third-order valence-corrected chi connectivity index (χ3v) is 5.91. The first kappa shape index (κ1) is 11.9. The zero-order valence-electron chi connectivity index (χ0n) is 11.1. The Hall–Kier alpha value is -1.12. The monoisotopic (exact) mass is 272 g/mol. The van der Waals surface area contributed by atoms with Gasteiger partial charge in [-0.05, 0) is 50.5 Å². The molecule has 0 nitrogen and oxygen atoms in total. The van der Waals surface area contributed by atoms with E-state index >= 15 is 0 Å². The van der Waals surface area contributed by atoms with E-state index in [9.17, 15) is 0 Å². The highest BCUT2D eigenvalue weighted by Gasteiger charge is 2.13. The molecule has 18 heavy (non-hydrogen) atoms. The van der Waals surface area contributed by atoms with Gasteiger partial charge in [-0.1, -0.05) is 23.8 Å². The van der Waals surface area contributed by atoms with E-state index in [1.807, 2.05) is 22.7 Å².